The lowest BCUT2D eigenvalue weighted by Gasteiger charge is -2.04. The maximum absolute atomic E-state index is 11.9. The molecule has 2 rings (SSSR count). The molecule has 0 spiro atoms. The number of hydrogen-bond donors (Lipinski definition) is 1. The second kappa shape index (κ2) is 5.05. The average Bonchev–Trinajstić information content (AvgIpc) is 2.69. The van der Waals surface area contributed by atoms with Gasteiger partial charge in [-0.1, -0.05) is 0 Å². The van der Waals surface area contributed by atoms with Gasteiger partial charge >= 0.3 is 0 Å². The topological polar surface area (TPSA) is 59.1 Å². The van der Waals surface area contributed by atoms with E-state index in [1.807, 2.05) is 0 Å². The molecule has 2 heterocycles. The van der Waals surface area contributed by atoms with Crippen LogP contribution in [-0.4, -0.2) is 13.4 Å². The van der Waals surface area contributed by atoms with Crippen LogP contribution in [0.1, 0.15) is 0 Å². The van der Waals surface area contributed by atoms with Gasteiger partial charge in [0.2, 0.25) is 0 Å². The van der Waals surface area contributed by atoms with E-state index in [0.29, 0.717) is 0 Å². The van der Waals surface area contributed by atoms with Crippen LogP contribution in [0.2, 0.25) is 0 Å². The van der Waals surface area contributed by atoms with Gasteiger partial charge in [0.25, 0.3) is 10.0 Å². The van der Waals surface area contributed by atoms with Crippen molar-refractivity contribution in [2.45, 2.75) is 4.21 Å². The van der Waals surface area contributed by atoms with E-state index < -0.39 is 10.0 Å². The molecule has 0 aliphatic rings. The first-order valence-electron chi connectivity index (χ1n) is 4.37. The third kappa shape index (κ3) is 3.27. The fraction of sp³-hybridized carbons (Fsp3) is 0. The molecule has 2 aromatic rings. The second-order valence-electron chi connectivity index (χ2n) is 3.03. The zero-order valence-corrected chi connectivity index (χ0v) is 13.0. The normalized spacial score (nSPS) is 11.4. The highest BCUT2D eigenvalue weighted by molar-refractivity contribution is 9.11. The Morgan fingerprint density at radius 2 is 1.94 bits per heavy atom. The quantitative estimate of drug-likeness (QED) is 0.862. The minimum absolute atomic E-state index is 0.245. The van der Waals surface area contributed by atoms with Crippen molar-refractivity contribution in [2.75, 3.05) is 4.72 Å². The molecule has 17 heavy (non-hydrogen) atoms. The zero-order chi connectivity index (χ0) is 12.5. The molecule has 0 radical (unpaired) electrons. The summed E-state index contributed by atoms with van der Waals surface area (Å²) < 4.78 is 28.1. The van der Waals surface area contributed by atoms with Crippen molar-refractivity contribution in [2.24, 2.45) is 0 Å². The van der Waals surface area contributed by atoms with Crippen LogP contribution in [0.25, 0.3) is 0 Å². The summed E-state index contributed by atoms with van der Waals surface area (Å²) in [6.45, 7) is 0. The van der Waals surface area contributed by atoms with Crippen molar-refractivity contribution in [3.8, 4) is 0 Å². The number of anilines is 1. The Hall–Kier alpha value is -0.440. The summed E-state index contributed by atoms with van der Waals surface area (Å²) in [5.74, 6) is 0.290. The van der Waals surface area contributed by atoms with Crippen LogP contribution in [0.3, 0.4) is 0 Å². The lowest BCUT2D eigenvalue weighted by Crippen LogP contribution is -2.12. The van der Waals surface area contributed by atoms with E-state index in [0.717, 1.165) is 19.6 Å². The van der Waals surface area contributed by atoms with Crippen LogP contribution in [0.15, 0.2) is 42.9 Å². The Labute approximate surface area is 119 Å². The van der Waals surface area contributed by atoms with Crippen LogP contribution in [-0.2, 0) is 10.0 Å². The highest BCUT2D eigenvalue weighted by Crippen LogP contribution is 2.27. The number of rotatable bonds is 3. The van der Waals surface area contributed by atoms with Crippen molar-refractivity contribution in [3.63, 3.8) is 0 Å². The number of halogens is 2. The van der Waals surface area contributed by atoms with Crippen LogP contribution in [0.4, 0.5) is 5.82 Å². The van der Waals surface area contributed by atoms with E-state index >= 15 is 0 Å². The van der Waals surface area contributed by atoms with E-state index in [-0.39, 0.29) is 10.0 Å². The molecule has 4 nitrogen and oxygen atoms in total. The molecule has 0 bridgehead atoms. The number of nitrogens with zero attached hydrogens (tertiary/aromatic N) is 1. The molecule has 1 N–H and O–H groups in total. The van der Waals surface area contributed by atoms with Crippen LogP contribution in [0.5, 0.6) is 0 Å². The first-order chi connectivity index (χ1) is 7.97. The van der Waals surface area contributed by atoms with Crippen molar-refractivity contribution in [1.29, 1.82) is 0 Å². The summed E-state index contributed by atoms with van der Waals surface area (Å²) in [6.07, 6.45) is 1.53. The van der Waals surface area contributed by atoms with Crippen molar-refractivity contribution in [1.82, 2.24) is 4.98 Å². The summed E-state index contributed by atoms with van der Waals surface area (Å²) in [7, 11) is -3.54. The number of nitrogens with one attached hydrogen (secondary N) is 1. The fourth-order valence-electron chi connectivity index (χ4n) is 1.07. The van der Waals surface area contributed by atoms with Crippen molar-refractivity contribution in [3.05, 3.63) is 38.7 Å². The van der Waals surface area contributed by atoms with Crippen LogP contribution in [0, 0.1) is 0 Å². The third-order valence-corrected chi connectivity index (χ3v) is 5.72. The predicted molar refractivity (Wildman–Crippen MR) is 74.8 cm³/mol. The standard InChI is InChI=1S/C9H6Br2N2O2S2/c10-6-1-3-8(12-5-6)13-17(14,15)9-4-2-7(11)16-9/h1-5H,(H,12,13). The average molecular weight is 398 g/mol. The summed E-state index contributed by atoms with van der Waals surface area (Å²) >= 11 is 7.60. The Balaban J connectivity index is 2.26. The van der Waals surface area contributed by atoms with Crippen LogP contribution >= 0.6 is 43.2 Å². The molecule has 0 unspecified atom stereocenters. The monoisotopic (exact) mass is 396 g/mol. The highest BCUT2D eigenvalue weighted by atomic mass is 79.9. The molecule has 0 aliphatic heterocycles. The summed E-state index contributed by atoms with van der Waals surface area (Å²) in [6, 6.07) is 6.53. The Kier molecular flexibility index (Phi) is 3.86. The van der Waals surface area contributed by atoms with Gasteiger partial charge < -0.3 is 0 Å². The van der Waals surface area contributed by atoms with Gasteiger partial charge in [-0.15, -0.1) is 11.3 Å². The van der Waals surface area contributed by atoms with Gasteiger partial charge in [0.1, 0.15) is 10.0 Å². The molecule has 8 heteroatoms. The summed E-state index contributed by atoms with van der Waals surface area (Å²) in [5.41, 5.74) is 0. The van der Waals surface area contributed by atoms with Gasteiger partial charge in [0, 0.05) is 10.7 Å². The number of pyridine rings is 1. The molecule has 0 aromatic carbocycles. The lowest BCUT2D eigenvalue weighted by molar-refractivity contribution is 0.603. The van der Waals surface area contributed by atoms with Crippen molar-refractivity contribution < 1.29 is 8.42 Å². The first kappa shape index (κ1) is 13.0. The zero-order valence-electron chi connectivity index (χ0n) is 8.22. The molecule has 0 saturated carbocycles. The Morgan fingerprint density at radius 3 is 2.47 bits per heavy atom. The molecule has 0 amide bonds. The third-order valence-electron chi connectivity index (χ3n) is 1.78. The maximum Gasteiger partial charge on any atom is 0.272 e. The molecule has 0 atom stereocenters. The number of thiophene rings is 1. The van der Waals surface area contributed by atoms with Gasteiger partial charge in [-0.3, -0.25) is 4.72 Å². The Morgan fingerprint density at radius 1 is 1.18 bits per heavy atom. The van der Waals surface area contributed by atoms with E-state index in [9.17, 15) is 8.42 Å². The summed E-state index contributed by atoms with van der Waals surface area (Å²) in [5, 5.41) is 0. The molecule has 90 valence electrons. The molecular formula is C9H6Br2N2O2S2. The molecule has 0 saturated heterocycles. The molecular weight excluding hydrogens is 392 g/mol. The smallest absolute Gasteiger partial charge is 0.263 e. The minimum Gasteiger partial charge on any atom is -0.263 e. The van der Waals surface area contributed by atoms with Crippen molar-refractivity contribution >= 4 is 59.0 Å². The SMILES string of the molecule is O=S(=O)(Nc1ccc(Br)cn1)c1ccc(Br)s1. The summed E-state index contributed by atoms with van der Waals surface area (Å²) in [4.78, 5) is 3.95. The van der Waals surface area contributed by atoms with Gasteiger partial charge in [-0.05, 0) is 56.1 Å². The number of aromatic nitrogens is 1. The van der Waals surface area contributed by atoms with E-state index in [1.54, 1.807) is 18.2 Å². The fourth-order valence-corrected chi connectivity index (χ4v) is 4.32. The second-order valence-corrected chi connectivity index (χ2v) is 8.31. The maximum atomic E-state index is 11.9. The van der Waals surface area contributed by atoms with E-state index in [4.69, 9.17) is 0 Å². The van der Waals surface area contributed by atoms with Gasteiger partial charge in [-0.2, -0.15) is 0 Å². The lowest BCUT2D eigenvalue weighted by atomic mass is 10.5. The van der Waals surface area contributed by atoms with Crippen LogP contribution < -0.4 is 4.72 Å². The first-order valence-corrected chi connectivity index (χ1v) is 8.26. The Bertz CT molecular complexity index is 623. The van der Waals surface area contributed by atoms with E-state index in [2.05, 4.69) is 41.6 Å². The molecule has 0 aliphatic carbocycles. The number of sulfonamides is 1. The van der Waals surface area contributed by atoms with Gasteiger partial charge in [0.15, 0.2) is 0 Å². The highest BCUT2D eigenvalue weighted by Gasteiger charge is 2.16. The van der Waals surface area contributed by atoms with Gasteiger partial charge in [-0.25, -0.2) is 13.4 Å². The molecule has 0 fully saturated rings. The largest absolute Gasteiger partial charge is 0.272 e. The minimum atomic E-state index is -3.54. The predicted octanol–water partition coefficient (Wildman–Crippen LogP) is 3.47. The van der Waals surface area contributed by atoms with E-state index in [1.165, 1.54) is 12.3 Å². The number of hydrogen-bond acceptors (Lipinski definition) is 4. The molecule has 2 aromatic heterocycles. The van der Waals surface area contributed by atoms with Gasteiger partial charge in [0.05, 0.1) is 3.79 Å².